The van der Waals surface area contributed by atoms with Crippen molar-refractivity contribution in [3.8, 4) is 0 Å². The SMILES string of the molecule is Cc1ccc(C2CN(c3cc(CO)ccc3[N+](=O)[O-])CCO2)o1. The van der Waals surface area contributed by atoms with Crippen LogP contribution in [0.25, 0.3) is 0 Å². The second-order valence-electron chi connectivity index (χ2n) is 5.49. The molecule has 7 nitrogen and oxygen atoms in total. The van der Waals surface area contributed by atoms with Crippen molar-refractivity contribution in [2.45, 2.75) is 19.6 Å². The third-order valence-electron chi connectivity index (χ3n) is 3.90. The van der Waals surface area contributed by atoms with Crippen LogP contribution in [-0.4, -0.2) is 29.7 Å². The number of aliphatic hydroxyl groups excluding tert-OH is 1. The molecule has 0 spiro atoms. The summed E-state index contributed by atoms with van der Waals surface area (Å²) in [6.45, 7) is 3.16. The number of hydrogen-bond donors (Lipinski definition) is 1. The molecule has 0 saturated carbocycles. The molecule has 1 aliphatic rings. The van der Waals surface area contributed by atoms with Crippen LogP contribution < -0.4 is 4.90 Å². The second kappa shape index (κ2) is 6.39. The summed E-state index contributed by atoms with van der Waals surface area (Å²) in [5, 5.41) is 20.6. The van der Waals surface area contributed by atoms with Gasteiger partial charge in [0.25, 0.3) is 5.69 Å². The molecule has 0 aliphatic carbocycles. The Balaban J connectivity index is 1.90. The van der Waals surface area contributed by atoms with Gasteiger partial charge in [-0.25, -0.2) is 0 Å². The molecule has 1 unspecified atom stereocenters. The minimum Gasteiger partial charge on any atom is -0.464 e. The number of anilines is 1. The normalized spacial score (nSPS) is 18.2. The molecule has 23 heavy (non-hydrogen) atoms. The van der Waals surface area contributed by atoms with Crippen molar-refractivity contribution in [2.24, 2.45) is 0 Å². The number of ether oxygens (including phenoxy) is 1. The van der Waals surface area contributed by atoms with E-state index in [1.807, 2.05) is 24.0 Å². The summed E-state index contributed by atoms with van der Waals surface area (Å²) in [6.07, 6.45) is -0.269. The second-order valence-corrected chi connectivity index (χ2v) is 5.49. The van der Waals surface area contributed by atoms with Crippen LogP contribution in [0.5, 0.6) is 0 Å². The molecular weight excluding hydrogens is 300 g/mol. The standard InChI is InChI=1S/C16H18N2O5/c1-11-2-5-15(23-11)16-9-17(6-7-22-16)14-8-12(10-19)3-4-13(14)18(20)21/h2-5,8,16,19H,6-7,9-10H2,1H3. The number of hydrogen-bond acceptors (Lipinski definition) is 6. The minimum absolute atomic E-state index is 0.0264. The van der Waals surface area contributed by atoms with E-state index in [4.69, 9.17) is 9.15 Å². The highest BCUT2D eigenvalue weighted by Crippen LogP contribution is 2.33. The monoisotopic (exact) mass is 318 g/mol. The first-order chi connectivity index (χ1) is 11.1. The number of furan rings is 1. The molecule has 122 valence electrons. The van der Waals surface area contributed by atoms with Crippen LogP contribution in [-0.2, 0) is 11.3 Å². The fourth-order valence-electron chi connectivity index (χ4n) is 2.74. The first-order valence-corrected chi connectivity index (χ1v) is 7.39. The zero-order valence-electron chi connectivity index (χ0n) is 12.8. The van der Waals surface area contributed by atoms with Gasteiger partial charge in [0, 0.05) is 12.6 Å². The number of nitro benzene ring substituents is 1. The maximum Gasteiger partial charge on any atom is 0.292 e. The van der Waals surface area contributed by atoms with E-state index in [2.05, 4.69) is 0 Å². The quantitative estimate of drug-likeness (QED) is 0.688. The largest absolute Gasteiger partial charge is 0.464 e. The van der Waals surface area contributed by atoms with Gasteiger partial charge in [0.05, 0.1) is 24.7 Å². The third kappa shape index (κ3) is 3.20. The van der Waals surface area contributed by atoms with Gasteiger partial charge in [-0.1, -0.05) is 0 Å². The molecule has 1 aromatic carbocycles. The number of nitro groups is 1. The highest BCUT2D eigenvalue weighted by atomic mass is 16.6. The van der Waals surface area contributed by atoms with Crippen molar-refractivity contribution in [3.05, 3.63) is 57.5 Å². The molecule has 2 aromatic rings. The van der Waals surface area contributed by atoms with E-state index in [1.165, 1.54) is 6.07 Å². The van der Waals surface area contributed by atoms with Gasteiger partial charge in [0.2, 0.25) is 0 Å². The zero-order chi connectivity index (χ0) is 16.4. The van der Waals surface area contributed by atoms with E-state index in [0.717, 1.165) is 5.76 Å². The van der Waals surface area contributed by atoms with E-state index in [9.17, 15) is 15.2 Å². The summed E-state index contributed by atoms with van der Waals surface area (Å²) >= 11 is 0. The Morgan fingerprint density at radius 1 is 1.39 bits per heavy atom. The van der Waals surface area contributed by atoms with Crippen molar-refractivity contribution < 1.29 is 19.2 Å². The lowest BCUT2D eigenvalue weighted by molar-refractivity contribution is -0.384. The Morgan fingerprint density at radius 2 is 2.22 bits per heavy atom. The van der Waals surface area contributed by atoms with E-state index in [1.54, 1.807) is 12.1 Å². The Kier molecular flexibility index (Phi) is 4.31. The predicted molar refractivity (Wildman–Crippen MR) is 83.4 cm³/mol. The molecule has 1 N–H and O–H groups in total. The molecule has 1 aromatic heterocycles. The maximum atomic E-state index is 11.3. The Morgan fingerprint density at radius 3 is 2.87 bits per heavy atom. The summed E-state index contributed by atoms with van der Waals surface area (Å²) in [7, 11) is 0. The van der Waals surface area contributed by atoms with E-state index in [-0.39, 0.29) is 18.4 Å². The Labute approximate surface area is 133 Å². The number of aryl methyl sites for hydroxylation is 1. The van der Waals surface area contributed by atoms with Gasteiger partial charge in [0.1, 0.15) is 23.3 Å². The Bertz CT molecular complexity index is 712. The lowest BCUT2D eigenvalue weighted by atomic mass is 10.1. The van der Waals surface area contributed by atoms with Crippen LogP contribution in [0.15, 0.2) is 34.7 Å². The molecule has 0 radical (unpaired) electrons. The number of aliphatic hydroxyl groups is 1. The van der Waals surface area contributed by atoms with Gasteiger partial charge in [-0.15, -0.1) is 0 Å². The van der Waals surface area contributed by atoms with Gasteiger partial charge in [-0.3, -0.25) is 10.1 Å². The average molecular weight is 318 g/mol. The topological polar surface area (TPSA) is 89.0 Å². The van der Waals surface area contributed by atoms with Crippen LogP contribution in [0, 0.1) is 17.0 Å². The van der Waals surface area contributed by atoms with Crippen LogP contribution >= 0.6 is 0 Å². The van der Waals surface area contributed by atoms with Gasteiger partial charge in [-0.05, 0) is 36.8 Å². The first-order valence-electron chi connectivity index (χ1n) is 7.39. The first kappa shape index (κ1) is 15.5. The van der Waals surface area contributed by atoms with Gasteiger partial charge in [-0.2, -0.15) is 0 Å². The smallest absolute Gasteiger partial charge is 0.292 e. The van der Waals surface area contributed by atoms with Crippen LogP contribution in [0.3, 0.4) is 0 Å². The number of rotatable bonds is 4. The van der Waals surface area contributed by atoms with Crippen LogP contribution in [0.1, 0.15) is 23.2 Å². The molecule has 1 saturated heterocycles. The molecule has 1 aliphatic heterocycles. The molecular formula is C16H18N2O5. The zero-order valence-corrected chi connectivity index (χ0v) is 12.8. The molecule has 1 fully saturated rings. The third-order valence-corrected chi connectivity index (χ3v) is 3.90. The number of morpholine rings is 1. The number of benzene rings is 1. The van der Waals surface area contributed by atoms with Crippen LogP contribution in [0.2, 0.25) is 0 Å². The van der Waals surface area contributed by atoms with Crippen LogP contribution in [0.4, 0.5) is 11.4 Å². The molecule has 2 heterocycles. The van der Waals surface area contributed by atoms with Crippen molar-refractivity contribution in [3.63, 3.8) is 0 Å². The van der Waals surface area contributed by atoms with E-state index >= 15 is 0 Å². The molecule has 0 bridgehead atoms. The van der Waals surface area contributed by atoms with Gasteiger partial charge in [0.15, 0.2) is 0 Å². The highest BCUT2D eigenvalue weighted by Gasteiger charge is 2.28. The number of nitrogens with zero attached hydrogens (tertiary/aromatic N) is 2. The lowest BCUT2D eigenvalue weighted by Crippen LogP contribution is -2.38. The van der Waals surface area contributed by atoms with Crippen molar-refractivity contribution in [1.82, 2.24) is 0 Å². The molecule has 0 amide bonds. The maximum absolute atomic E-state index is 11.3. The summed E-state index contributed by atoms with van der Waals surface area (Å²) in [4.78, 5) is 12.8. The molecule has 3 rings (SSSR count). The summed E-state index contributed by atoms with van der Waals surface area (Å²) < 4.78 is 11.3. The van der Waals surface area contributed by atoms with Gasteiger partial charge >= 0.3 is 0 Å². The Hall–Kier alpha value is -2.38. The average Bonchev–Trinajstić information content (AvgIpc) is 3.01. The lowest BCUT2D eigenvalue weighted by Gasteiger charge is -2.33. The molecule has 1 atom stereocenters. The van der Waals surface area contributed by atoms with Crippen molar-refractivity contribution in [1.29, 1.82) is 0 Å². The summed E-state index contributed by atoms with van der Waals surface area (Å²) in [5.74, 6) is 1.52. The fraction of sp³-hybridized carbons (Fsp3) is 0.375. The summed E-state index contributed by atoms with van der Waals surface area (Å²) in [5.41, 5.74) is 1.17. The minimum atomic E-state index is -0.405. The molecule has 7 heteroatoms. The van der Waals surface area contributed by atoms with Crippen molar-refractivity contribution in [2.75, 3.05) is 24.6 Å². The summed E-state index contributed by atoms with van der Waals surface area (Å²) in [6, 6.07) is 8.39. The van der Waals surface area contributed by atoms with E-state index < -0.39 is 4.92 Å². The van der Waals surface area contributed by atoms with Crippen molar-refractivity contribution >= 4 is 11.4 Å². The predicted octanol–water partition coefficient (Wildman–Crippen LogP) is 2.57. The van der Waals surface area contributed by atoms with Gasteiger partial charge < -0.3 is 19.2 Å². The highest BCUT2D eigenvalue weighted by molar-refractivity contribution is 5.64. The van der Waals surface area contributed by atoms with E-state index in [0.29, 0.717) is 36.7 Å². The fourth-order valence-corrected chi connectivity index (χ4v) is 2.74.